The summed E-state index contributed by atoms with van der Waals surface area (Å²) in [5.41, 5.74) is 5.98. The van der Waals surface area contributed by atoms with E-state index in [0.717, 1.165) is 6.07 Å². The van der Waals surface area contributed by atoms with Gasteiger partial charge >= 0.3 is 0 Å². The van der Waals surface area contributed by atoms with Crippen LogP contribution in [0.2, 0.25) is 0 Å². The molecule has 1 heterocycles. The summed E-state index contributed by atoms with van der Waals surface area (Å²) in [6.45, 7) is 2.51. The van der Waals surface area contributed by atoms with Crippen molar-refractivity contribution in [2.24, 2.45) is 11.7 Å². The predicted molar refractivity (Wildman–Crippen MR) is 65.4 cm³/mol. The highest BCUT2D eigenvalue weighted by atomic mass is 19.1. The summed E-state index contributed by atoms with van der Waals surface area (Å²) in [5.74, 6) is -0.0834. The first-order valence-electron chi connectivity index (χ1n) is 6.03. The fraction of sp³-hybridized carbons (Fsp3) is 0.385. The molecule has 2 N–H and O–H groups in total. The standard InChI is InChI=1S/C13H15F2N3O/c1-8(7-16)2-13-17-12(18-19-13)5-9-3-10(14)6-11(15)4-9/h3-4,6,8H,2,5,7,16H2,1H3. The second-order valence-corrected chi connectivity index (χ2v) is 4.60. The van der Waals surface area contributed by atoms with Crippen molar-refractivity contribution in [3.05, 3.63) is 47.1 Å². The minimum absolute atomic E-state index is 0.231. The molecule has 2 rings (SSSR count). The molecular weight excluding hydrogens is 252 g/mol. The van der Waals surface area contributed by atoms with Crippen molar-refractivity contribution in [1.82, 2.24) is 10.1 Å². The first-order valence-corrected chi connectivity index (χ1v) is 6.03. The Morgan fingerprint density at radius 3 is 2.58 bits per heavy atom. The third-order valence-corrected chi connectivity index (χ3v) is 2.72. The Balaban J connectivity index is 2.07. The van der Waals surface area contributed by atoms with Crippen LogP contribution in [0.25, 0.3) is 0 Å². The van der Waals surface area contributed by atoms with Gasteiger partial charge in [-0.25, -0.2) is 8.78 Å². The van der Waals surface area contributed by atoms with Crippen LogP contribution in [-0.4, -0.2) is 16.7 Å². The Morgan fingerprint density at radius 1 is 1.26 bits per heavy atom. The molecule has 0 amide bonds. The van der Waals surface area contributed by atoms with Crippen LogP contribution in [0.5, 0.6) is 0 Å². The zero-order chi connectivity index (χ0) is 13.8. The lowest BCUT2D eigenvalue weighted by Crippen LogP contribution is -2.13. The van der Waals surface area contributed by atoms with Gasteiger partial charge in [-0.05, 0) is 30.2 Å². The SMILES string of the molecule is CC(CN)Cc1nc(Cc2cc(F)cc(F)c2)no1. The minimum atomic E-state index is -0.615. The van der Waals surface area contributed by atoms with Crippen LogP contribution in [0.15, 0.2) is 22.7 Å². The molecule has 1 aromatic carbocycles. The molecule has 6 heteroatoms. The molecule has 0 fully saturated rings. The molecule has 1 atom stereocenters. The Hall–Kier alpha value is -1.82. The molecule has 0 radical (unpaired) electrons. The van der Waals surface area contributed by atoms with Crippen molar-refractivity contribution in [1.29, 1.82) is 0 Å². The van der Waals surface area contributed by atoms with Crippen LogP contribution in [-0.2, 0) is 12.8 Å². The number of aromatic nitrogens is 2. The van der Waals surface area contributed by atoms with Crippen LogP contribution in [0, 0.1) is 17.6 Å². The molecule has 4 nitrogen and oxygen atoms in total. The summed E-state index contributed by atoms with van der Waals surface area (Å²) in [7, 11) is 0. The summed E-state index contributed by atoms with van der Waals surface area (Å²) in [6.07, 6.45) is 0.830. The summed E-state index contributed by atoms with van der Waals surface area (Å²) in [6, 6.07) is 3.33. The second-order valence-electron chi connectivity index (χ2n) is 4.60. The number of nitrogens with zero attached hydrogens (tertiary/aromatic N) is 2. The molecule has 1 aromatic heterocycles. The number of hydrogen-bond acceptors (Lipinski definition) is 4. The smallest absolute Gasteiger partial charge is 0.226 e. The van der Waals surface area contributed by atoms with E-state index < -0.39 is 11.6 Å². The van der Waals surface area contributed by atoms with E-state index in [-0.39, 0.29) is 12.3 Å². The van der Waals surface area contributed by atoms with Gasteiger partial charge in [-0.1, -0.05) is 12.1 Å². The molecule has 0 saturated carbocycles. The first-order chi connectivity index (χ1) is 9.06. The molecule has 0 spiro atoms. The fourth-order valence-electron chi connectivity index (χ4n) is 1.72. The average molecular weight is 267 g/mol. The Kier molecular flexibility index (Phi) is 4.21. The van der Waals surface area contributed by atoms with Gasteiger partial charge in [0.2, 0.25) is 5.89 Å². The van der Waals surface area contributed by atoms with Crippen molar-refractivity contribution >= 4 is 0 Å². The number of benzene rings is 1. The van der Waals surface area contributed by atoms with Crippen molar-refractivity contribution in [2.75, 3.05) is 6.54 Å². The van der Waals surface area contributed by atoms with Gasteiger partial charge in [0, 0.05) is 18.9 Å². The monoisotopic (exact) mass is 267 g/mol. The molecule has 102 valence electrons. The average Bonchev–Trinajstić information content (AvgIpc) is 2.74. The fourth-order valence-corrected chi connectivity index (χ4v) is 1.72. The van der Waals surface area contributed by atoms with Gasteiger partial charge in [-0.3, -0.25) is 0 Å². The molecule has 0 aliphatic rings. The zero-order valence-corrected chi connectivity index (χ0v) is 10.6. The Labute approximate surface area is 109 Å². The van der Waals surface area contributed by atoms with E-state index in [9.17, 15) is 8.78 Å². The van der Waals surface area contributed by atoms with Crippen LogP contribution < -0.4 is 5.73 Å². The van der Waals surface area contributed by atoms with Gasteiger partial charge in [0.1, 0.15) is 11.6 Å². The van der Waals surface area contributed by atoms with Gasteiger partial charge in [0.05, 0.1) is 0 Å². The number of rotatable bonds is 5. The Morgan fingerprint density at radius 2 is 1.95 bits per heavy atom. The van der Waals surface area contributed by atoms with E-state index in [1.54, 1.807) is 0 Å². The van der Waals surface area contributed by atoms with E-state index in [0.29, 0.717) is 30.2 Å². The summed E-state index contributed by atoms with van der Waals surface area (Å²) >= 11 is 0. The van der Waals surface area contributed by atoms with Crippen molar-refractivity contribution in [3.8, 4) is 0 Å². The predicted octanol–water partition coefficient (Wildman–Crippen LogP) is 2.08. The molecule has 2 aromatic rings. The van der Waals surface area contributed by atoms with E-state index in [1.165, 1.54) is 12.1 Å². The highest BCUT2D eigenvalue weighted by Gasteiger charge is 2.11. The highest BCUT2D eigenvalue weighted by Crippen LogP contribution is 2.12. The highest BCUT2D eigenvalue weighted by molar-refractivity contribution is 5.21. The van der Waals surface area contributed by atoms with E-state index in [2.05, 4.69) is 10.1 Å². The maximum absolute atomic E-state index is 13.0. The van der Waals surface area contributed by atoms with E-state index in [4.69, 9.17) is 10.3 Å². The summed E-state index contributed by atoms with van der Waals surface area (Å²) < 4.78 is 31.1. The molecule has 0 aliphatic heterocycles. The summed E-state index contributed by atoms with van der Waals surface area (Å²) in [5, 5.41) is 3.79. The maximum Gasteiger partial charge on any atom is 0.226 e. The van der Waals surface area contributed by atoms with Crippen LogP contribution in [0.3, 0.4) is 0 Å². The molecule has 0 bridgehead atoms. The third-order valence-electron chi connectivity index (χ3n) is 2.72. The van der Waals surface area contributed by atoms with Crippen LogP contribution in [0.1, 0.15) is 24.2 Å². The lowest BCUT2D eigenvalue weighted by molar-refractivity contribution is 0.356. The van der Waals surface area contributed by atoms with Gasteiger partial charge in [-0.15, -0.1) is 0 Å². The first kappa shape index (κ1) is 13.6. The van der Waals surface area contributed by atoms with Crippen LogP contribution >= 0.6 is 0 Å². The van der Waals surface area contributed by atoms with Gasteiger partial charge in [0.15, 0.2) is 5.82 Å². The third kappa shape index (κ3) is 3.82. The summed E-state index contributed by atoms with van der Waals surface area (Å²) in [4.78, 5) is 4.17. The minimum Gasteiger partial charge on any atom is -0.339 e. The van der Waals surface area contributed by atoms with E-state index >= 15 is 0 Å². The molecule has 19 heavy (non-hydrogen) atoms. The number of nitrogens with two attached hydrogens (primary N) is 1. The molecule has 1 unspecified atom stereocenters. The van der Waals surface area contributed by atoms with Gasteiger partial charge in [-0.2, -0.15) is 4.98 Å². The topological polar surface area (TPSA) is 64.9 Å². The quantitative estimate of drug-likeness (QED) is 0.900. The largest absolute Gasteiger partial charge is 0.339 e. The molecular formula is C13H15F2N3O. The van der Waals surface area contributed by atoms with Crippen molar-refractivity contribution in [3.63, 3.8) is 0 Å². The van der Waals surface area contributed by atoms with Crippen LogP contribution in [0.4, 0.5) is 8.78 Å². The zero-order valence-electron chi connectivity index (χ0n) is 10.6. The number of halogens is 2. The lowest BCUT2D eigenvalue weighted by Gasteiger charge is -2.02. The van der Waals surface area contributed by atoms with Crippen molar-refractivity contribution in [2.45, 2.75) is 19.8 Å². The number of hydrogen-bond donors (Lipinski definition) is 1. The van der Waals surface area contributed by atoms with Gasteiger partial charge in [0.25, 0.3) is 0 Å². The molecule has 0 aliphatic carbocycles. The molecule has 0 saturated heterocycles. The normalized spacial score (nSPS) is 12.6. The second kappa shape index (κ2) is 5.88. The maximum atomic E-state index is 13.0. The lowest BCUT2D eigenvalue weighted by atomic mass is 10.1. The van der Waals surface area contributed by atoms with Gasteiger partial charge < -0.3 is 10.3 Å². The van der Waals surface area contributed by atoms with Crippen molar-refractivity contribution < 1.29 is 13.3 Å². The van der Waals surface area contributed by atoms with E-state index in [1.807, 2.05) is 6.92 Å². The Bertz CT molecular complexity index is 536.